The molecule has 1 nitrogen and oxygen atoms in total. The Morgan fingerprint density at radius 3 is 1.58 bits per heavy atom. The predicted octanol–water partition coefficient (Wildman–Crippen LogP) is 3.73. The SMILES string of the molecule is CC1(C)C(O[Si](C)(C)C)C1(Br)Br. The number of hydrogen-bond acceptors (Lipinski definition) is 1. The smallest absolute Gasteiger partial charge is 0.184 e. The van der Waals surface area contributed by atoms with Crippen molar-refractivity contribution in [3.63, 3.8) is 0 Å². The lowest BCUT2D eigenvalue weighted by Gasteiger charge is -2.18. The zero-order valence-corrected chi connectivity index (χ0v) is 12.4. The second-order valence-corrected chi connectivity index (χ2v) is 13.0. The zero-order valence-electron chi connectivity index (χ0n) is 8.24. The van der Waals surface area contributed by atoms with E-state index < -0.39 is 8.32 Å². The van der Waals surface area contributed by atoms with E-state index >= 15 is 0 Å². The highest BCUT2D eigenvalue weighted by Crippen LogP contribution is 2.67. The molecule has 1 atom stereocenters. The van der Waals surface area contributed by atoms with Crippen LogP contribution in [0.5, 0.6) is 0 Å². The van der Waals surface area contributed by atoms with E-state index in [-0.39, 0.29) is 8.65 Å². The molecule has 1 aliphatic carbocycles. The molecule has 0 aromatic carbocycles. The minimum absolute atomic E-state index is 0.00722. The van der Waals surface area contributed by atoms with Crippen LogP contribution >= 0.6 is 31.9 Å². The van der Waals surface area contributed by atoms with E-state index in [2.05, 4.69) is 65.3 Å². The van der Waals surface area contributed by atoms with E-state index in [4.69, 9.17) is 4.43 Å². The second-order valence-electron chi connectivity index (χ2n) is 4.95. The van der Waals surface area contributed by atoms with E-state index in [1.807, 2.05) is 0 Å². The molecular weight excluding hydrogens is 300 g/mol. The lowest BCUT2D eigenvalue weighted by atomic mass is 10.2. The normalized spacial score (nSPS) is 31.8. The van der Waals surface area contributed by atoms with E-state index in [0.717, 1.165) is 0 Å². The molecule has 0 aliphatic heterocycles. The van der Waals surface area contributed by atoms with Gasteiger partial charge < -0.3 is 4.43 Å². The molecule has 0 saturated heterocycles. The van der Waals surface area contributed by atoms with E-state index in [0.29, 0.717) is 6.10 Å². The lowest BCUT2D eigenvalue weighted by molar-refractivity contribution is 0.253. The topological polar surface area (TPSA) is 9.23 Å². The fourth-order valence-electron chi connectivity index (χ4n) is 1.19. The quantitative estimate of drug-likeness (QED) is 0.557. The van der Waals surface area contributed by atoms with Gasteiger partial charge in [0.05, 0.1) is 6.10 Å². The minimum atomic E-state index is -1.40. The molecule has 0 amide bonds. The molecule has 72 valence electrons. The van der Waals surface area contributed by atoms with Crippen LogP contribution in [0.3, 0.4) is 0 Å². The van der Waals surface area contributed by atoms with Gasteiger partial charge in [-0.25, -0.2) is 0 Å². The summed E-state index contributed by atoms with van der Waals surface area (Å²) in [5.41, 5.74) is 0.216. The van der Waals surface area contributed by atoms with Gasteiger partial charge in [0.15, 0.2) is 8.32 Å². The highest BCUT2D eigenvalue weighted by Gasteiger charge is 2.70. The van der Waals surface area contributed by atoms with Crippen molar-refractivity contribution in [1.29, 1.82) is 0 Å². The minimum Gasteiger partial charge on any atom is -0.412 e. The highest BCUT2D eigenvalue weighted by atomic mass is 79.9. The molecule has 1 aliphatic rings. The van der Waals surface area contributed by atoms with Crippen molar-refractivity contribution in [3.8, 4) is 0 Å². The number of halogens is 2. The molecule has 0 aromatic rings. The summed E-state index contributed by atoms with van der Waals surface area (Å²) in [5, 5.41) is 0. The van der Waals surface area contributed by atoms with Crippen LogP contribution in [0.1, 0.15) is 13.8 Å². The van der Waals surface area contributed by atoms with Gasteiger partial charge in [-0.1, -0.05) is 45.7 Å². The van der Waals surface area contributed by atoms with E-state index in [1.165, 1.54) is 0 Å². The standard InChI is InChI=1S/C8H16Br2OSi/c1-7(2)6(8(7,9)10)11-12(3,4)5/h6H,1-5H3. The largest absolute Gasteiger partial charge is 0.412 e. The van der Waals surface area contributed by atoms with Crippen LogP contribution in [-0.4, -0.2) is 17.7 Å². The molecule has 0 N–H and O–H groups in total. The Bertz CT molecular complexity index is 182. The Hall–Kier alpha value is 1.14. The fraction of sp³-hybridized carbons (Fsp3) is 1.00. The average molecular weight is 316 g/mol. The third-order valence-corrected chi connectivity index (χ3v) is 6.05. The number of hydrogen-bond donors (Lipinski definition) is 0. The highest BCUT2D eigenvalue weighted by molar-refractivity contribution is 9.25. The molecule has 0 bridgehead atoms. The molecule has 0 spiro atoms. The van der Waals surface area contributed by atoms with Gasteiger partial charge in [-0.15, -0.1) is 0 Å². The van der Waals surface area contributed by atoms with Gasteiger partial charge in [-0.2, -0.15) is 0 Å². The summed E-state index contributed by atoms with van der Waals surface area (Å²) in [4.78, 5) is 0. The van der Waals surface area contributed by atoms with Gasteiger partial charge >= 0.3 is 0 Å². The van der Waals surface area contributed by atoms with Gasteiger partial charge in [0.2, 0.25) is 0 Å². The van der Waals surface area contributed by atoms with E-state index in [9.17, 15) is 0 Å². The van der Waals surface area contributed by atoms with Crippen LogP contribution in [0.2, 0.25) is 19.6 Å². The predicted molar refractivity (Wildman–Crippen MR) is 62.6 cm³/mol. The molecule has 1 fully saturated rings. The van der Waals surface area contributed by atoms with Crippen LogP contribution in [0.4, 0.5) is 0 Å². The third-order valence-electron chi connectivity index (χ3n) is 2.23. The Balaban J connectivity index is 2.61. The first-order valence-electron chi connectivity index (χ1n) is 4.15. The molecule has 0 heterocycles. The van der Waals surface area contributed by atoms with Crippen molar-refractivity contribution in [2.75, 3.05) is 0 Å². The monoisotopic (exact) mass is 314 g/mol. The molecule has 0 radical (unpaired) electrons. The van der Waals surface area contributed by atoms with Crippen LogP contribution in [-0.2, 0) is 4.43 Å². The summed E-state index contributed by atoms with van der Waals surface area (Å²) >= 11 is 7.28. The second kappa shape index (κ2) is 2.81. The summed E-state index contributed by atoms with van der Waals surface area (Å²) in [5.74, 6) is 0. The average Bonchev–Trinajstić information content (AvgIpc) is 2.09. The van der Waals surface area contributed by atoms with Crippen molar-refractivity contribution in [1.82, 2.24) is 0 Å². The summed E-state index contributed by atoms with van der Waals surface area (Å²) in [6.07, 6.45) is 0.316. The zero-order chi connectivity index (χ0) is 9.78. The van der Waals surface area contributed by atoms with Crippen molar-refractivity contribution in [2.45, 2.75) is 42.8 Å². The molecule has 4 heteroatoms. The molecule has 1 rings (SSSR count). The summed E-state index contributed by atoms with van der Waals surface area (Å²) in [6, 6.07) is 0. The Morgan fingerprint density at radius 2 is 1.50 bits per heavy atom. The molecule has 0 aromatic heterocycles. The first kappa shape index (κ1) is 11.2. The maximum absolute atomic E-state index is 6.02. The van der Waals surface area contributed by atoms with Crippen LogP contribution in [0.25, 0.3) is 0 Å². The van der Waals surface area contributed by atoms with Crippen molar-refractivity contribution >= 4 is 40.2 Å². The van der Waals surface area contributed by atoms with Crippen molar-refractivity contribution < 1.29 is 4.43 Å². The fourth-order valence-corrected chi connectivity index (χ4v) is 4.23. The van der Waals surface area contributed by atoms with Crippen LogP contribution in [0, 0.1) is 5.41 Å². The van der Waals surface area contributed by atoms with Crippen LogP contribution in [0.15, 0.2) is 0 Å². The first-order chi connectivity index (χ1) is 5.09. The van der Waals surface area contributed by atoms with Gasteiger partial charge in [0.25, 0.3) is 0 Å². The molecule has 1 unspecified atom stereocenters. The lowest BCUT2D eigenvalue weighted by Crippen LogP contribution is -2.28. The third kappa shape index (κ3) is 1.81. The van der Waals surface area contributed by atoms with E-state index in [1.54, 1.807) is 0 Å². The van der Waals surface area contributed by atoms with Gasteiger partial charge in [-0.3, -0.25) is 0 Å². The van der Waals surface area contributed by atoms with Gasteiger partial charge in [-0.05, 0) is 19.6 Å². The Labute approximate surface area is 92.6 Å². The maximum atomic E-state index is 6.02. The molecular formula is C8H16Br2OSi. The summed E-state index contributed by atoms with van der Waals surface area (Å²) < 4.78 is 6.03. The van der Waals surface area contributed by atoms with Gasteiger partial charge in [0, 0.05) is 5.41 Å². The van der Waals surface area contributed by atoms with Crippen molar-refractivity contribution in [2.24, 2.45) is 5.41 Å². The summed E-state index contributed by atoms with van der Waals surface area (Å²) in [7, 11) is -1.40. The maximum Gasteiger partial charge on any atom is 0.184 e. The molecule has 12 heavy (non-hydrogen) atoms. The number of rotatable bonds is 2. The van der Waals surface area contributed by atoms with Crippen LogP contribution < -0.4 is 0 Å². The molecule has 1 saturated carbocycles. The Morgan fingerprint density at radius 1 is 1.17 bits per heavy atom. The number of alkyl halides is 2. The Kier molecular flexibility index (Phi) is 2.63. The summed E-state index contributed by atoms with van der Waals surface area (Å²) in [6.45, 7) is 11.1. The first-order valence-corrected chi connectivity index (χ1v) is 9.14. The van der Waals surface area contributed by atoms with Crippen molar-refractivity contribution in [3.05, 3.63) is 0 Å². The van der Waals surface area contributed by atoms with Gasteiger partial charge in [0.1, 0.15) is 3.23 Å².